The molecule has 5 rings (SSSR count). The summed E-state index contributed by atoms with van der Waals surface area (Å²) in [5, 5.41) is 11.3. The quantitative estimate of drug-likeness (QED) is 0.503. The molecule has 2 aliphatic heterocycles. The van der Waals surface area contributed by atoms with Crippen LogP contribution in [0.25, 0.3) is 22.5 Å². The molecule has 196 valence electrons. The van der Waals surface area contributed by atoms with E-state index < -0.39 is 12.1 Å². The number of methoxy groups -OCH3 is 1. The van der Waals surface area contributed by atoms with Crippen LogP contribution in [0.4, 0.5) is 4.79 Å². The van der Waals surface area contributed by atoms with Crippen LogP contribution in [0.15, 0.2) is 72.0 Å². The summed E-state index contributed by atoms with van der Waals surface area (Å²) in [6, 6.07) is 17.4. The van der Waals surface area contributed by atoms with E-state index in [0.29, 0.717) is 13.0 Å². The molecule has 1 fully saturated rings. The van der Waals surface area contributed by atoms with Gasteiger partial charge in [-0.05, 0) is 42.0 Å². The molecule has 3 aromatic rings. The molecule has 38 heavy (non-hydrogen) atoms. The Bertz CT molecular complexity index is 1360. The number of amides is 2. The van der Waals surface area contributed by atoms with Gasteiger partial charge in [-0.3, -0.25) is 9.79 Å². The van der Waals surface area contributed by atoms with Crippen LogP contribution in [0, 0.1) is 5.92 Å². The molecule has 0 spiro atoms. The van der Waals surface area contributed by atoms with E-state index in [2.05, 4.69) is 27.8 Å². The molecule has 9 heteroatoms. The van der Waals surface area contributed by atoms with Crippen molar-refractivity contribution in [3.63, 3.8) is 0 Å². The second-order valence-corrected chi connectivity index (χ2v) is 9.96. The number of nitrogens with zero attached hydrogens (tertiary/aromatic N) is 5. The standard InChI is InChI=1S/C29H32N6O3/c1-19(2)27(31-29(37)38-3)28(36)34-15-7-10-26(34)24-16-22(17-30-24)20-11-13-23(14-12-20)35-18-25(32-33-35)21-8-5-4-6-9-21/h4-6,8-9,11-14,17-19,26-27H,7,10,15-16H2,1-3H3,(H,31,37)/t26?,27-/m0/s1. The Morgan fingerprint density at radius 1 is 1.05 bits per heavy atom. The van der Waals surface area contributed by atoms with Crippen LogP contribution >= 0.6 is 0 Å². The first-order valence-electron chi connectivity index (χ1n) is 12.9. The summed E-state index contributed by atoms with van der Waals surface area (Å²) in [6.07, 6.45) is 5.69. The van der Waals surface area contributed by atoms with Crippen LogP contribution < -0.4 is 5.32 Å². The maximum absolute atomic E-state index is 13.4. The molecule has 0 aliphatic carbocycles. The average Bonchev–Trinajstić information content (AvgIpc) is 3.72. The van der Waals surface area contributed by atoms with Gasteiger partial charge in [-0.2, -0.15) is 0 Å². The number of carbonyl (C=O) groups excluding carboxylic acids is 2. The number of ether oxygens (including phenoxy) is 1. The van der Waals surface area contributed by atoms with E-state index in [-0.39, 0.29) is 17.9 Å². The number of benzene rings is 2. The van der Waals surface area contributed by atoms with Gasteiger partial charge in [0.1, 0.15) is 11.7 Å². The molecule has 2 aliphatic rings. The number of aromatic nitrogens is 3. The third kappa shape index (κ3) is 5.22. The predicted octanol–water partition coefficient (Wildman–Crippen LogP) is 4.49. The lowest BCUT2D eigenvalue weighted by Gasteiger charge is -2.31. The molecular weight excluding hydrogens is 480 g/mol. The lowest BCUT2D eigenvalue weighted by atomic mass is 9.97. The van der Waals surface area contributed by atoms with Gasteiger partial charge in [0.25, 0.3) is 0 Å². The number of hydrogen-bond acceptors (Lipinski definition) is 6. The highest BCUT2D eigenvalue weighted by atomic mass is 16.5. The first-order valence-corrected chi connectivity index (χ1v) is 12.9. The molecule has 2 aromatic carbocycles. The largest absolute Gasteiger partial charge is 0.453 e. The summed E-state index contributed by atoms with van der Waals surface area (Å²) < 4.78 is 6.50. The third-order valence-electron chi connectivity index (χ3n) is 7.14. The van der Waals surface area contributed by atoms with E-state index in [1.54, 1.807) is 4.68 Å². The number of aliphatic imine (C=N–C) groups is 1. The minimum atomic E-state index is -0.635. The Labute approximate surface area is 222 Å². The summed E-state index contributed by atoms with van der Waals surface area (Å²) >= 11 is 0. The SMILES string of the molecule is COC(=O)N[C@H](C(=O)N1CCCC1C1=NC=C(c2ccc(-n3cc(-c4ccccc4)nn3)cc2)C1)C(C)C. The molecule has 9 nitrogen and oxygen atoms in total. The minimum Gasteiger partial charge on any atom is -0.453 e. The molecule has 1 N–H and O–H groups in total. The van der Waals surface area contributed by atoms with Crippen molar-refractivity contribution in [2.45, 2.75) is 45.2 Å². The second kappa shape index (κ2) is 11.0. The molecule has 0 saturated carbocycles. The number of alkyl carbamates (subject to hydrolysis) is 1. The molecule has 1 unspecified atom stereocenters. The Balaban J connectivity index is 1.24. The number of rotatable bonds is 7. The van der Waals surface area contributed by atoms with E-state index in [1.165, 1.54) is 7.11 Å². The van der Waals surface area contributed by atoms with Gasteiger partial charge in [-0.15, -0.1) is 5.10 Å². The Morgan fingerprint density at radius 3 is 2.53 bits per heavy atom. The van der Waals surface area contributed by atoms with Gasteiger partial charge in [0.15, 0.2) is 0 Å². The zero-order valence-electron chi connectivity index (χ0n) is 21.9. The number of carbonyl (C=O) groups is 2. The minimum absolute atomic E-state index is 0.0608. The van der Waals surface area contributed by atoms with Gasteiger partial charge < -0.3 is 15.0 Å². The van der Waals surface area contributed by atoms with E-state index in [0.717, 1.165) is 46.6 Å². The highest BCUT2D eigenvalue weighted by molar-refractivity contribution is 6.03. The van der Waals surface area contributed by atoms with Crippen molar-refractivity contribution in [1.82, 2.24) is 25.2 Å². The molecule has 0 radical (unpaired) electrons. The zero-order valence-corrected chi connectivity index (χ0v) is 21.9. The molecule has 2 amide bonds. The summed E-state index contributed by atoms with van der Waals surface area (Å²) in [7, 11) is 1.30. The van der Waals surface area contributed by atoms with Crippen molar-refractivity contribution in [3.05, 3.63) is 72.6 Å². The topological polar surface area (TPSA) is 102 Å². The van der Waals surface area contributed by atoms with Gasteiger partial charge in [-0.25, -0.2) is 9.48 Å². The van der Waals surface area contributed by atoms with Gasteiger partial charge in [0.2, 0.25) is 5.91 Å². The van der Waals surface area contributed by atoms with Crippen molar-refractivity contribution in [1.29, 1.82) is 0 Å². The fraction of sp³-hybridized carbons (Fsp3) is 0.345. The van der Waals surface area contributed by atoms with Crippen LogP contribution in [0.1, 0.15) is 38.7 Å². The maximum atomic E-state index is 13.4. The van der Waals surface area contributed by atoms with Crippen molar-refractivity contribution < 1.29 is 14.3 Å². The Hall–Kier alpha value is -4.27. The Morgan fingerprint density at radius 2 is 1.82 bits per heavy atom. The molecule has 2 atom stereocenters. The first-order chi connectivity index (χ1) is 18.4. The van der Waals surface area contributed by atoms with E-state index in [1.807, 2.05) is 73.6 Å². The van der Waals surface area contributed by atoms with E-state index in [9.17, 15) is 9.59 Å². The van der Waals surface area contributed by atoms with Crippen LogP contribution in [0.3, 0.4) is 0 Å². The van der Waals surface area contributed by atoms with Crippen molar-refractivity contribution >= 4 is 23.3 Å². The second-order valence-electron chi connectivity index (χ2n) is 9.96. The number of likely N-dealkylation sites (tertiary alicyclic amines) is 1. The van der Waals surface area contributed by atoms with Gasteiger partial charge >= 0.3 is 6.09 Å². The van der Waals surface area contributed by atoms with Gasteiger partial charge in [0, 0.05) is 30.4 Å². The molecule has 1 saturated heterocycles. The number of nitrogens with one attached hydrogen (secondary N) is 1. The third-order valence-corrected chi connectivity index (χ3v) is 7.14. The smallest absolute Gasteiger partial charge is 0.407 e. The lowest BCUT2D eigenvalue weighted by Crippen LogP contribution is -2.53. The summed E-state index contributed by atoms with van der Waals surface area (Å²) in [6.45, 7) is 4.49. The first kappa shape index (κ1) is 25.4. The van der Waals surface area contributed by atoms with Crippen molar-refractivity contribution in [2.75, 3.05) is 13.7 Å². The van der Waals surface area contributed by atoms with Crippen molar-refractivity contribution in [3.8, 4) is 16.9 Å². The number of hydrogen-bond donors (Lipinski definition) is 1. The van der Waals surface area contributed by atoms with Crippen LogP contribution in [0.5, 0.6) is 0 Å². The van der Waals surface area contributed by atoms with Crippen LogP contribution in [-0.4, -0.2) is 63.3 Å². The summed E-state index contributed by atoms with van der Waals surface area (Å²) in [5.74, 6) is -0.148. The van der Waals surface area contributed by atoms with Gasteiger partial charge in [-0.1, -0.05) is 61.5 Å². The maximum Gasteiger partial charge on any atom is 0.407 e. The summed E-state index contributed by atoms with van der Waals surface area (Å²) in [4.78, 5) is 31.8. The van der Waals surface area contributed by atoms with E-state index in [4.69, 9.17) is 9.73 Å². The average molecular weight is 513 g/mol. The van der Waals surface area contributed by atoms with Crippen LogP contribution in [-0.2, 0) is 9.53 Å². The lowest BCUT2D eigenvalue weighted by molar-refractivity contribution is -0.134. The fourth-order valence-corrected chi connectivity index (χ4v) is 5.04. The molecule has 3 heterocycles. The van der Waals surface area contributed by atoms with Crippen molar-refractivity contribution in [2.24, 2.45) is 10.9 Å². The summed E-state index contributed by atoms with van der Waals surface area (Å²) in [5.41, 5.74) is 5.95. The van der Waals surface area contributed by atoms with Crippen LogP contribution in [0.2, 0.25) is 0 Å². The highest BCUT2D eigenvalue weighted by Gasteiger charge is 2.38. The van der Waals surface area contributed by atoms with Gasteiger partial charge in [0.05, 0.1) is 25.0 Å². The Kier molecular flexibility index (Phi) is 7.35. The predicted molar refractivity (Wildman–Crippen MR) is 146 cm³/mol. The molecule has 0 bridgehead atoms. The molecule has 1 aromatic heterocycles. The normalized spacial score (nSPS) is 17.8. The van der Waals surface area contributed by atoms with E-state index >= 15 is 0 Å². The molecular formula is C29H32N6O3. The fourth-order valence-electron chi connectivity index (χ4n) is 5.04. The zero-order chi connectivity index (χ0) is 26.6. The highest BCUT2D eigenvalue weighted by Crippen LogP contribution is 2.31. The number of allylic oxidation sites excluding steroid dienone is 1. The monoisotopic (exact) mass is 512 g/mol.